The van der Waals surface area contributed by atoms with Crippen molar-refractivity contribution in [2.75, 3.05) is 11.4 Å². The van der Waals surface area contributed by atoms with E-state index in [-0.39, 0.29) is 10.5 Å². The van der Waals surface area contributed by atoms with Gasteiger partial charge in [0.1, 0.15) is 5.82 Å². The fourth-order valence-electron chi connectivity index (χ4n) is 2.47. The van der Waals surface area contributed by atoms with Gasteiger partial charge in [-0.2, -0.15) is 8.42 Å². The lowest BCUT2D eigenvalue weighted by Crippen LogP contribution is -2.31. The summed E-state index contributed by atoms with van der Waals surface area (Å²) in [6.45, 7) is 0. The Balaban J connectivity index is 1.79. The van der Waals surface area contributed by atoms with Gasteiger partial charge >= 0.3 is 0 Å². The Morgan fingerprint density at radius 3 is 2.13 bits per heavy atom. The number of nitrogens with zero attached hydrogens (tertiary/aromatic N) is 2. The molecule has 1 aromatic heterocycles. The number of benzene rings is 2. The Labute approximate surface area is 173 Å². The quantitative estimate of drug-likeness (QED) is 0.617. The van der Waals surface area contributed by atoms with Gasteiger partial charge in [-0.25, -0.2) is 22.5 Å². The predicted molar refractivity (Wildman–Crippen MR) is 107 cm³/mol. The van der Waals surface area contributed by atoms with Gasteiger partial charge in [-0.15, -0.1) is 0 Å². The molecule has 0 radical (unpaired) electrons. The summed E-state index contributed by atoms with van der Waals surface area (Å²) in [4.78, 5) is 15.6. The van der Waals surface area contributed by atoms with E-state index in [2.05, 4.69) is 4.98 Å². The highest BCUT2D eigenvalue weighted by atomic mass is 32.2. The highest BCUT2D eigenvalue weighted by molar-refractivity contribution is 7.92. The van der Waals surface area contributed by atoms with Gasteiger partial charge in [0.25, 0.3) is 26.0 Å². The van der Waals surface area contributed by atoms with Crippen LogP contribution in [-0.4, -0.2) is 34.8 Å². The summed E-state index contributed by atoms with van der Waals surface area (Å²) in [7, 11) is -6.80. The van der Waals surface area contributed by atoms with Crippen molar-refractivity contribution < 1.29 is 26.0 Å². The van der Waals surface area contributed by atoms with Gasteiger partial charge in [-0.05, 0) is 48.5 Å². The highest BCUT2D eigenvalue weighted by Crippen LogP contribution is 2.22. The number of aromatic nitrogens is 1. The number of nitrogens with one attached hydrogen (secondary N) is 1. The maximum Gasteiger partial charge on any atom is 0.281 e. The SMILES string of the molecule is CN(c1ccccc1)S(=O)(=O)c1ccc(C(=O)NS(=O)(=O)c2ccc(F)cn2)cc1. The average Bonchev–Trinajstić information content (AvgIpc) is 2.74. The molecule has 0 atom stereocenters. The normalized spacial score (nSPS) is 11.7. The molecule has 1 N–H and O–H groups in total. The van der Waals surface area contributed by atoms with Crippen LogP contribution in [0.2, 0.25) is 0 Å². The standard InChI is InChI=1S/C19H16FN3O5S2/c1-23(16-5-3-2-4-6-16)30(27,28)17-10-7-14(8-11-17)19(24)22-29(25,26)18-12-9-15(20)13-21-18/h2-13H,1H3,(H,22,24). The summed E-state index contributed by atoms with van der Waals surface area (Å²) < 4.78 is 65.6. The number of rotatable bonds is 6. The van der Waals surface area contributed by atoms with E-state index in [9.17, 15) is 26.0 Å². The first-order valence-corrected chi connectivity index (χ1v) is 11.4. The number of carbonyl (C=O) groups is 1. The van der Waals surface area contributed by atoms with Gasteiger partial charge in [0.2, 0.25) is 0 Å². The fraction of sp³-hybridized carbons (Fsp3) is 0.0526. The second-order valence-corrected chi connectivity index (χ2v) is 9.68. The monoisotopic (exact) mass is 449 g/mol. The molecule has 0 aliphatic carbocycles. The summed E-state index contributed by atoms with van der Waals surface area (Å²) in [5, 5.41) is -0.527. The zero-order valence-corrected chi connectivity index (χ0v) is 17.2. The third-order valence-corrected chi connectivity index (χ3v) is 7.14. The van der Waals surface area contributed by atoms with Crippen molar-refractivity contribution in [3.8, 4) is 0 Å². The van der Waals surface area contributed by atoms with Crippen molar-refractivity contribution in [3.63, 3.8) is 0 Å². The van der Waals surface area contributed by atoms with Gasteiger partial charge in [-0.3, -0.25) is 9.10 Å². The molecule has 1 heterocycles. The Morgan fingerprint density at radius 1 is 0.933 bits per heavy atom. The smallest absolute Gasteiger partial charge is 0.269 e. The van der Waals surface area contributed by atoms with Crippen molar-refractivity contribution in [2.45, 2.75) is 9.92 Å². The number of carbonyl (C=O) groups excluding carboxylic acids is 1. The van der Waals surface area contributed by atoms with Crippen molar-refractivity contribution in [2.24, 2.45) is 0 Å². The Morgan fingerprint density at radius 2 is 1.57 bits per heavy atom. The van der Waals surface area contributed by atoms with Crippen LogP contribution >= 0.6 is 0 Å². The van der Waals surface area contributed by atoms with Crippen LogP contribution in [0.4, 0.5) is 10.1 Å². The number of amides is 1. The third kappa shape index (κ3) is 4.47. The van der Waals surface area contributed by atoms with E-state index in [0.717, 1.165) is 16.4 Å². The lowest BCUT2D eigenvalue weighted by atomic mass is 10.2. The van der Waals surface area contributed by atoms with E-state index in [1.807, 2.05) is 0 Å². The minimum atomic E-state index is -4.32. The number of pyridine rings is 1. The first-order valence-electron chi connectivity index (χ1n) is 8.44. The van der Waals surface area contributed by atoms with Crippen molar-refractivity contribution in [3.05, 3.63) is 84.3 Å². The van der Waals surface area contributed by atoms with E-state index in [1.165, 1.54) is 31.3 Å². The molecule has 0 aliphatic rings. The number of anilines is 1. The van der Waals surface area contributed by atoms with Crippen molar-refractivity contribution >= 4 is 31.6 Å². The molecule has 1 amide bonds. The minimum Gasteiger partial charge on any atom is -0.269 e. The molecule has 0 saturated carbocycles. The topological polar surface area (TPSA) is 114 Å². The molecule has 2 aromatic carbocycles. The van der Waals surface area contributed by atoms with Gasteiger partial charge < -0.3 is 0 Å². The first kappa shape index (κ1) is 21.4. The van der Waals surface area contributed by atoms with Crippen LogP contribution in [0.15, 0.2) is 82.8 Å². The summed E-state index contributed by atoms with van der Waals surface area (Å²) >= 11 is 0. The summed E-state index contributed by atoms with van der Waals surface area (Å²) in [5.74, 6) is -1.71. The molecule has 156 valence electrons. The minimum absolute atomic E-state index is 0.0755. The molecule has 8 nitrogen and oxygen atoms in total. The van der Waals surface area contributed by atoms with Crippen LogP contribution in [0.1, 0.15) is 10.4 Å². The van der Waals surface area contributed by atoms with Crippen LogP contribution in [0.25, 0.3) is 0 Å². The van der Waals surface area contributed by atoms with Crippen molar-refractivity contribution in [1.29, 1.82) is 0 Å². The van der Waals surface area contributed by atoms with Gasteiger partial charge in [0.15, 0.2) is 5.03 Å². The first-order chi connectivity index (χ1) is 14.1. The van der Waals surface area contributed by atoms with E-state index in [0.29, 0.717) is 11.9 Å². The van der Waals surface area contributed by atoms with Gasteiger partial charge in [0.05, 0.1) is 16.8 Å². The molecule has 3 aromatic rings. The molecule has 0 fully saturated rings. The second-order valence-electron chi connectivity index (χ2n) is 6.08. The molecule has 0 saturated heterocycles. The molecular formula is C19H16FN3O5S2. The van der Waals surface area contributed by atoms with E-state index in [4.69, 9.17) is 0 Å². The number of hydrogen-bond acceptors (Lipinski definition) is 6. The largest absolute Gasteiger partial charge is 0.281 e. The number of para-hydroxylation sites is 1. The lowest BCUT2D eigenvalue weighted by molar-refractivity contribution is 0.0981. The molecule has 0 aliphatic heterocycles. The number of hydrogen-bond donors (Lipinski definition) is 1. The molecule has 3 rings (SSSR count). The fourth-order valence-corrected chi connectivity index (χ4v) is 4.57. The van der Waals surface area contributed by atoms with Gasteiger partial charge in [0, 0.05) is 12.6 Å². The summed E-state index contributed by atoms with van der Waals surface area (Å²) in [6.07, 6.45) is 0.710. The van der Waals surface area contributed by atoms with E-state index < -0.39 is 36.8 Å². The summed E-state index contributed by atoms with van der Waals surface area (Å²) in [5.41, 5.74) is 0.374. The van der Waals surface area contributed by atoms with Crippen LogP contribution in [0, 0.1) is 5.82 Å². The molecule has 0 bridgehead atoms. The highest BCUT2D eigenvalue weighted by Gasteiger charge is 2.23. The summed E-state index contributed by atoms with van der Waals surface area (Å²) in [6, 6.07) is 15.0. The Bertz CT molecular complexity index is 1260. The third-order valence-electron chi connectivity index (χ3n) is 4.10. The molecule has 0 spiro atoms. The van der Waals surface area contributed by atoms with Gasteiger partial charge in [-0.1, -0.05) is 18.2 Å². The lowest BCUT2D eigenvalue weighted by Gasteiger charge is -2.19. The maximum atomic E-state index is 12.9. The van der Waals surface area contributed by atoms with Crippen LogP contribution in [0.3, 0.4) is 0 Å². The number of halogens is 1. The van der Waals surface area contributed by atoms with Crippen molar-refractivity contribution in [1.82, 2.24) is 9.71 Å². The predicted octanol–water partition coefficient (Wildman–Crippen LogP) is 2.16. The van der Waals surface area contributed by atoms with Crippen LogP contribution < -0.4 is 9.03 Å². The molecular weight excluding hydrogens is 433 g/mol. The van der Waals surface area contributed by atoms with Crippen LogP contribution in [-0.2, 0) is 20.0 Å². The Hall–Kier alpha value is -3.31. The zero-order chi connectivity index (χ0) is 21.9. The Kier molecular flexibility index (Phi) is 5.85. The van der Waals surface area contributed by atoms with Crippen LogP contribution in [0.5, 0.6) is 0 Å². The number of sulfonamides is 2. The van der Waals surface area contributed by atoms with E-state index in [1.54, 1.807) is 35.1 Å². The molecule has 30 heavy (non-hydrogen) atoms. The maximum absolute atomic E-state index is 12.9. The van der Waals surface area contributed by atoms with E-state index >= 15 is 0 Å². The molecule has 0 unspecified atom stereocenters. The molecule has 11 heteroatoms. The second kappa shape index (κ2) is 8.20. The zero-order valence-electron chi connectivity index (χ0n) is 15.6. The average molecular weight is 449 g/mol.